The molecule has 1 N–H and O–H groups in total. The summed E-state index contributed by atoms with van der Waals surface area (Å²) in [4.78, 5) is 44.1. The fourth-order valence-corrected chi connectivity index (χ4v) is 5.66. The van der Waals surface area contributed by atoms with Gasteiger partial charge in [-0.1, -0.05) is 96.0 Å². The number of halogens is 2. The number of amides is 4. The molecule has 2 heterocycles. The van der Waals surface area contributed by atoms with Crippen molar-refractivity contribution in [3.8, 4) is 0 Å². The minimum atomic E-state index is -0.846. The third-order valence-corrected chi connectivity index (χ3v) is 7.67. The van der Waals surface area contributed by atoms with Crippen LogP contribution in [0.15, 0.2) is 91.5 Å². The molecule has 2 saturated heterocycles. The van der Waals surface area contributed by atoms with Gasteiger partial charge in [0.2, 0.25) is 5.91 Å². The van der Waals surface area contributed by atoms with Crippen molar-refractivity contribution in [1.29, 1.82) is 0 Å². The van der Waals surface area contributed by atoms with Crippen molar-refractivity contribution in [3.63, 3.8) is 0 Å². The van der Waals surface area contributed by atoms with Crippen LogP contribution in [0.5, 0.6) is 0 Å². The highest BCUT2D eigenvalue weighted by atomic mass is 35.5. The van der Waals surface area contributed by atoms with Gasteiger partial charge in [0.1, 0.15) is 12.2 Å². The van der Waals surface area contributed by atoms with Crippen LogP contribution >= 0.6 is 23.2 Å². The molecule has 206 valence electrons. The van der Waals surface area contributed by atoms with E-state index in [4.69, 9.17) is 23.2 Å². The van der Waals surface area contributed by atoms with E-state index in [0.29, 0.717) is 22.2 Å². The number of nitrogens with zero attached hydrogens (tertiary/aromatic N) is 4. The second-order valence-corrected chi connectivity index (χ2v) is 10.5. The number of hydrogen-bond donors (Lipinski definition) is 1. The molecular weight excluding hydrogens is 549 g/mol. The Morgan fingerprint density at radius 3 is 2.40 bits per heavy atom. The van der Waals surface area contributed by atoms with Crippen LogP contribution in [0.2, 0.25) is 10.0 Å². The van der Waals surface area contributed by atoms with Gasteiger partial charge in [-0.15, -0.1) is 6.58 Å². The first-order valence-corrected chi connectivity index (χ1v) is 13.7. The number of rotatable bonds is 8. The zero-order valence-corrected chi connectivity index (χ0v) is 23.3. The van der Waals surface area contributed by atoms with E-state index in [-0.39, 0.29) is 44.0 Å². The second kappa shape index (κ2) is 12.1. The maximum absolute atomic E-state index is 13.9. The lowest BCUT2D eigenvalue weighted by Crippen LogP contribution is -2.62. The highest BCUT2D eigenvalue weighted by Gasteiger charge is 2.52. The van der Waals surface area contributed by atoms with E-state index in [2.05, 4.69) is 11.9 Å². The molecule has 2 aliphatic heterocycles. The standard InChI is InChI=1S/C30H29Cl2N5O3/c1-2-15-35(30(40)33-17-21-9-5-3-6-10-21)36-20-27(38)37-26(36)19-34(18-23-13-14-24(31)16-25(23)32)29(39)28(37)22-11-7-4-8-12-22/h2-14,16,26,28H,1,15,17-20H2,(H,33,40)/t26-,28+/m1/s1. The number of nitrogens with one attached hydrogen (secondary N) is 1. The van der Waals surface area contributed by atoms with Gasteiger partial charge < -0.3 is 15.1 Å². The number of carbonyl (C=O) groups is 3. The second-order valence-electron chi connectivity index (χ2n) is 9.66. The van der Waals surface area contributed by atoms with Crippen LogP contribution in [-0.4, -0.2) is 63.5 Å². The number of carbonyl (C=O) groups excluding carboxylic acids is 3. The molecule has 40 heavy (non-hydrogen) atoms. The molecule has 0 saturated carbocycles. The average Bonchev–Trinajstić information content (AvgIpc) is 3.28. The molecule has 2 atom stereocenters. The van der Waals surface area contributed by atoms with Crippen molar-refractivity contribution < 1.29 is 14.4 Å². The molecule has 0 aromatic heterocycles. The maximum Gasteiger partial charge on any atom is 0.332 e. The summed E-state index contributed by atoms with van der Waals surface area (Å²) in [5.74, 6) is -0.450. The normalized spacial score (nSPS) is 18.9. The number of hydrogen-bond acceptors (Lipinski definition) is 4. The maximum atomic E-state index is 13.9. The Kier molecular flexibility index (Phi) is 8.40. The zero-order chi connectivity index (χ0) is 28.2. The molecule has 0 spiro atoms. The van der Waals surface area contributed by atoms with Crippen molar-refractivity contribution in [2.45, 2.75) is 25.3 Å². The van der Waals surface area contributed by atoms with Crippen LogP contribution < -0.4 is 5.32 Å². The molecule has 8 nitrogen and oxygen atoms in total. The third-order valence-electron chi connectivity index (χ3n) is 7.08. The van der Waals surface area contributed by atoms with E-state index >= 15 is 0 Å². The lowest BCUT2D eigenvalue weighted by Gasteiger charge is -2.46. The Morgan fingerprint density at radius 2 is 1.73 bits per heavy atom. The quantitative estimate of drug-likeness (QED) is 0.388. The van der Waals surface area contributed by atoms with E-state index in [1.807, 2.05) is 60.7 Å². The Hall–Kier alpha value is -3.85. The SMILES string of the molecule is C=CCN(C(=O)NCc1ccccc1)N1CC(=O)N2[C@@H](c3ccccc3)C(=O)N(Cc3ccc(Cl)cc3Cl)C[C@@H]21. The van der Waals surface area contributed by atoms with Gasteiger partial charge in [0.05, 0.1) is 19.6 Å². The predicted molar refractivity (Wildman–Crippen MR) is 154 cm³/mol. The van der Waals surface area contributed by atoms with Crippen molar-refractivity contribution >= 4 is 41.0 Å². The summed E-state index contributed by atoms with van der Waals surface area (Å²) in [7, 11) is 0. The summed E-state index contributed by atoms with van der Waals surface area (Å²) in [6.07, 6.45) is 1.03. The highest BCUT2D eigenvalue weighted by molar-refractivity contribution is 6.35. The monoisotopic (exact) mass is 577 g/mol. The average molecular weight is 579 g/mol. The number of benzene rings is 3. The third kappa shape index (κ3) is 5.70. The molecule has 0 radical (unpaired) electrons. The summed E-state index contributed by atoms with van der Waals surface area (Å²) in [5, 5.41) is 7.11. The molecule has 0 bridgehead atoms. The predicted octanol–water partition coefficient (Wildman–Crippen LogP) is 4.86. The van der Waals surface area contributed by atoms with Crippen LogP contribution in [0.4, 0.5) is 4.79 Å². The first-order valence-electron chi connectivity index (χ1n) is 12.9. The first kappa shape index (κ1) is 27.7. The van der Waals surface area contributed by atoms with Crippen molar-refractivity contribution in [2.75, 3.05) is 19.6 Å². The van der Waals surface area contributed by atoms with E-state index < -0.39 is 12.2 Å². The Bertz CT molecular complexity index is 1400. The van der Waals surface area contributed by atoms with Crippen molar-refractivity contribution in [1.82, 2.24) is 25.1 Å². The van der Waals surface area contributed by atoms with E-state index in [1.54, 1.807) is 39.1 Å². The van der Waals surface area contributed by atoms with E-state index in [1.165, 1.54) is 5.01 Å². The lowest BCUT2D eigenvalue weighted by atomic mass is 10.00. The Labute approximate surface area is 243 Å². The van der Waals surface area contributed by atoms with Gasteiger partial charge in [-0.05, 0) is 28.8 Å². The molecular formula is C30H29Cl2N5O3. The van der Waals surface area contributed by atoms with Gasteiger partial charge in [-0.3, -0.25) is 14.6 Å². The summed E-state index contributed by atoms with van der Waals surface area (Å²) in [5.41, 5.74) is 2.38. The number of fused-ring (bicyclic) bond motifs is 1. The zero-order valence-electron chi connectivity index (χ0n) is 21.7. The van der Waals surface area contributed by atoms with Crippen LogP contribution in [0.1, 0.15) is 22.7 Å². The largest absolute Gasteiger partial charge is 0.333 e. The topological polar surface area (TPSA) is 76.2 Å². The fraction of sp³-hybridized carbons (Fsp3) is 0.233. The summed E-state index contributed by atoms with van der Waals surface area (Å²) in [6.45, 7) is 4.70. The number of piperazine rings is 1. The van der Waals surface area contributed by atoms with Crippen LogP contribution in [0.3, 0.4) is 0 Å². The first-order chi connectivity index (χ1) is 19.4. The van der Waals surface area contributed by atoms with Crippen LogP contribution in [-0.2, 0) is 22.7 Å². The Morgan fingerprint density at radius 1 is 1.02 bits per heavy atom. The minimum absolute atomic E-state index is 0.0522. The lowest BCUT2D eigenvalue weighted by molar-refractivity contribution is -0.158. The fourth-order valence-electron chi connectivity index (χ4n) is 5.19. The van der Waals surface area contributed by atoms with Gasteiger partial charge in [0.15, 0.2) is 0 Å². The molecule has 4 amide bonds. The Balaban J connectivity index is 1.46. The number of urea groups is 1. The van der Waals surface area contributed by atoms with Gasteiger partial charge in [-0.25, -0.2) is 4.79 Å². The molecule has 0 aliphatic carbocycles. The number of hydrazine groups is 1. The van der Waals surface area contributed by atoms with Crippen molar-refractivity contribution in [3.05, 3.63) is 118 Å². The molecule has 3 aromatic carbocycles. The molecule has 3 aromatic rings. The van der Waals surface area contributed by atoms with Gasteiger partial charge in [0.25, 0.3) is 5.91 Å². The van der Waals surface area contributed by atoms with Gasteiger partial charge in [0, 0.05) is 23.1 Å². The van der Waals surface area contributed by atoms with E-state index in [9.17, 15) is 14.4 Å². The molecule has 0 unspecified atom stereocenters. The van der Waals surface area contributed by atoms with Gasteiger partial charge in [-0.2, -0.15) is 5.01 Å². The molecule has 2 aliphatic rings. The van der Waals surface area contributed by atoms with Gasteiger partial charge >= 0.3 is 6.03 Å². The van der Waals surface area contributed by atoms with Crippen LogP contribution in [0.25, 0.3) is 0 Å². The smallest absolute Gasteiger partial charge is 0.332 e. The summed E-state index contributed by atoms with van der Waals surface area (Å²) < 4.78 is 0. The highest BCUT2D eigenvalue weighted by Crippen LogP contribution is 2.37. The van der Waals surface area contributed by atoms with Crippen molar-refractivity contribution in [2.24, 2.45) is 0 Å². The molecule has 2 fully saturated rings. The molecule has 5 rings (SSSR count). The van der Waals surface area contributed by atoms with E-state index in [0.717, 1.165) is 11.1 Å². The van der Waals surface area contributed by atoms with Crippen LogP contribution in [0, 0.1) is 0 Å². The minimum Gasteiger partial charge on any atom is -0.333 e. The molecule has 10 heteroatoms. The summed E-state index contributed by atoms with van der Waals surface area (Å²) in [6, 6.07) is 22.7. The summed E-state index contributed by atoms with van der Waals surface area (Å²) >= 11 is 12.6.